The molecule has 1 aromatic carbocycles. The Balaban J connectivity index is 2.02. The lowest BCUT2D eigenvalue weighted by atomic mass is 10.2. The fraction of sp³-hybridized carbons (Fsp3) is 0.400. The quantitative estimate of drug-likeness (QED) is 0.835. The lowest BCUT2D eigenvalue weighted by Crippen LogP contribution is -2.28. The first kappa shape index (κ1) is 14.4. The van der Waals surface area contributed by atoms with Crippen LogP contribution in [0.1, 0.15) is 26.5 Å². The molecule has 1 aliphatic rings. The Morgan fingerprint density at radius 3 is 2.59 bits per heavy atom. The zero-order valence-corrected chi connectivity index (χ0v) is 12.7. The van der Waals surface area contributed by atoms with E-state index in [0.717, 1.165) is 16.6 Å². The van der Waals surface area contributed by atoms with Crippen molar-refractivity contribution in [2.45, 2.75) is 39.0 Å². The number of ether oxygens (including phenoxy) is 1. The van der Waals surface area contributed by atoms with Crippen LogP contribution in [-0.2, 0) is 11.2 Å². The van der Waals surface area contributed by atoms with E-state index in [1.54, 1.807) is 4.57 Å². The molecular weight excluding hydrogens is 282 g/mol. The summed E-state index contributed by atoms with van der Waals surface area (Å²) in [5.41, 5.74) is 1.02. The molecule has 2 heterocycles. The summed E-state index contributed by atoms with van der Waals surface area (Å²) in [6, 6.07) is 9.61. The average molecular weight is 299 g/mol. The monoisotopic (exact) mass is 299 g/mol. The number of fused-ring (bicyclic) bond motifs is 1. The molecule has 0 fully saturated rings. The van der Waals surface area contributed by atoms with Crippen LogP contribution < -0.4 is 0 Å². The van der Waals surface area contributed by atoms with Crippen molar-refractivity contribution in [2.24, 2.45) is 20.7 Å². The van der Waals surface area contributed by atoms with Crippen molar-refractivity contribution in [1.29, 1.82) is 0 Å². The Morgan fingerprint density at radius 2 is 1.91 bits per heavy atom. The van der Waals surface area contributed by atoms with E-state index in [1.807, 2.05) is 51.1 Å². The van der Waals surface area contributed by atoms with Gasteiger partial charge in [0.05, 0.1) is 5.52 Å². The van der Waals surface area contributed by atoms with Crippen LogP contribution in [0.15, 0.2) is 51.0 Å². The van der Waals surface area contributed by atoms with Crippen LogP contribution in [0.4, 0.5) is 4.79 Å². The van der Waals surface area contributed by atoms with E-state index in [0.29, 0.717) is 6.42 Å². The SMILES string of the molecule is CC(C)(C)OC(=O)n1c(CC2N=NN=N2)cc2ccccc21. The summed E-state index contributed by atoms with van der Waals surface area (Å²) in [7, 11) is 0. The van der Waals surface area contributed by atoms with E-state index in [2.05, 4.69) is 20.7 Å². The van der Waals surface area contributed by atoms with Crippen molar-refractivity contribution in [1.82, 2.24) is 4.57 Å². The highest BCUT2D eigenvalue weighted by atomic mass is 16.6. The number of para-hydroxylation sites is 1. The standard InChI is InChI=1S/C15H17N5O2/c1-15(2,3)22-14(21)20-11(9-13-16-18-19-17-13)8-10-6-4-5-7-12(10)20/h4-8,13H,9H2,1-3H3. The van der Waals surface area contributed by atoms with Crippen molar-refractivity contribution in [3.05, 3.63) is 36.0 Å². The largest absolute Gasteiger partial charge is 0.443 e. The number of aromatic nitrogens is 1. The molecule has 22 heavy (non-hydrogen) atoms. The van der Waals surface area contributed by atoms with E-state index in [4.69, 9.17) is 4.74 Å². The van der Waals surface area contributed by atoms with Crippen molar-refractivity contribution in [3.8, 4) is 0 Å². The summed E-state index contributed by atoms with van der Waals surface area (Å²) in [6.07, 6.45) is -0.345. The molecule has 0 spiro atoms. The Morgan fingerprint density at radius 1 is 1.23 bits per heavy atom. The van der Waals surface area contributed by atoms with E-state index >= 15 is 0 Å². The molecule has 0 radical (unpaired) electrons. The molecule has 114 valence electrons. The summed E-state index contributed by atoms with van der Waals surface area (Å²) >= 11 is 0. The van der Waals surface area contributed by atoms with Gasteiger partial charge < -0.3 is 4.74 Å². The molecule has 0 N–H and O–H groups in total. The first-order valence-electron chi connectivity index (χ1n) is 7.07. The van der Waals surface area contributed by atoms with Gasteiger partial charge in [-0.05, 0) is 43.4 Å². The van der Waals surface area contributed by atoms with Gasteiger partial charge in [0.15, 0.2) is 6.17 Å². The van der Waals surface area contributed by atoms with Crippen LogP contribution in [-0.4, -0.2) is 22.4 Å². The van der Waals surface area contributed by atoms with Gasteiger partial charge in [-0.3, -0.25) is 0 Å². The third kappa shape index (κ3) is 2.88. The number of rotatable bonds is 2. The van der Waals surface area contributed by atoms with Gasteiger partial charge in [0.25, 0.3) is 0 Å². The predicted molar refractivity (Wildman–Crippen MR) is 80.8 cm³/mol. The van der Waals surface area contributed by atoms with Gasteiger partial charge in [0.2, 0.25) is 0 Å². The van der Waals surface area contributed by atoms with Crippen molar-refractivity contribution < 1.29 is 9.53 Å². The van der Waals surface area contributed by atoms with Crippen LogP contribution in [0.5, 0.6) is 0 Å². The second-order valence-electron chi connectivity index (χ2n) is 6.10. The van der Waals surface area contributed by atoms with E-state index in [-0.39, 0.29) is 6.17 Å². The number of benzene rings is 1. The number of nitrogens with zero attached hydrogens (tertiary/aromatic N) is 5. The third-order valence-electron chi connectivity index (χ3n) is 3.16. The Bertz CT molecular complexity index is 758. The van der Waals surface area contributed by atoms with E-state index < -0.39 is 11.7 Å². The Labute approximate surface area is 127 Å². The van der Waals surface area contributed by atoms with Gasteiger partial charge in [-0.15, -0.1) is 10.2 Å². The van der Waals surface area contributed by atoms with Gasteiger partial charge in [0, 0.05) is 17.5 Å². The molecule has 1 aliphatic heterocycles. The minimum absolute atomic E-state index is 0.384. The number of hydrogen-bond donors (Lipinski definition) is 0. The second-order valence-corrected chi connectivity index (χ2v) is 6.10. The molecule has 7 heteroatoms. The summed E-state index contributed by atoms with van der Waals surface area (Å²) in [5.74, 6) is 0. The lowest BCUT2D eigenvalue weighted by molar-refractivity contribution is 0.0540. The molecule has 7 nitrogen and oxygen atoms in total. The van der Waals surface area contributed by atoms with E-state index in [9.17, 15) is 4.79 Å². The van der Waals surface area contributed by atoms with Gasteiger partial charge in [-0.25, -0.2) is 9.36 Å². The maximum absolute atomic E-state index is 12.6. The van der Waals surface area contributed by atoms with E-state index in [1.165, 1.54) is 0 Å². The molecular formula is C15H17N5O2. The molecule has 0 unspecified atom stereocenters. The number of carbonyl (C=O) groups excluding carboxylic acids is 1. The highest BCUT2D eigenvalue weighted by molar-refractivity contribution is 5.91. The Kier molecular flexibility index (Phi) is 3.48. The molecule has 0 aliphatic carbocycles. The fourth-order valence-corrected chi connectivity index (χ4v) is 2.34. The highest BCUT2D eigenvalue weighted by Crippen LogP contribution is 2.24. The fourth-order valence-electron chi connectivity index (χ4n) is 2.34. The molecule has 0 bridgehead atoms. The summed E-state index contributed by atoms with van der Waals surface area (Å²) in [5, 5.41) is 15.8. The molecule has 2 aromatic rings. The summed E-state index contributed by atoms with van der Waals surface area (Å²) in [4.78, 5) is 12.6. The van der Waals surface area contributed by atoms with Crippen LogP contribution in [0.2, 0.25) is 0 Å². The molecule has 0 amide bonds. The zero-order chi connectivity index (χ0) is 15.7. The minimum Gasteiger partial charge on any atom is -0.443 e. The zero-order valence-electron chi connectivity index (χ0n) is 12.7. The average Bonchev–Trinajstić information content (AvgIpc) is 3.03. The summed E-state index contributed by atoms with van der Waals surface area (Å²) in [6.45, 7) is 5.53. The van der Waals surface area contributed by atoms with Gasteiger partial charge in [-0.2, -0.15) is 0 Å². The topological polar surface area (TPSA) is 80.7 Å². The second kappa shape index (κ2) is 5.32. The van der Waals surface area contributed by atoms with Crippen molar-refractivity contribution in [2.75, 3.05) is 0 Å². The normalized spacial score (nSPS) is 14.9. The molecule has 0 atom stereocenters. The first-order valence-corrected chi connectivity index (χ1v) is 7.07. The van der Waals surface area contributed by atoms with Crippen LogP contribution in [0, 0.1) is 0 Å². The van der Waals surface area contributed by atoms with Crippen LogP contribution >= 0.6 is 0 Å². The van der Waals surface area contributed by atoms with Crippen molar-refractivity contribution in [3.63, 3.8) is 0 Å². The van der Waals surface area contributed by atoms with Gasteiger partial charge in [-0.1, -0.05) is 18.2 Å². The number of carbonyl (C=O) groups is 1. The van der Waals surface area contributed by atoms with Crippen LogP contribution in [0.25, 0.3) is 10.9 Å². The lowest BCUT2D eigenvalue weighted by Gasteiger charge is -2.21. The number of hydrogen-bond acceptors (Lipinski definition) is 6. The molecule has 1 aromatic heterocycles. The minimum atomic E-state index is -0.563. The maximum atomic E-state index is 12.6. The molecule has 0 saturated carbocycles. The van der Waals surface area contributed by atoms with Crippen LogP contribution in [0.3, 0.4) is 0 Å². The molecule has 3 rings (SSSR count). The maximum Gasteiger partial charge on any atom is 0.419 e. The smallest absolute Gasteiger partial charge is 0.419 e. The Hall–Kier alpha value is -2.57. The molecule has 0 saturated heterocycles. The highest BCUT2D eigenvalue weighted by Gasteiger charge is 2.24. The third-order valence-corrected chi connectivity index (χ3v) is 3.16. The predicted octanol–water partition coefficient (Wildman–Crippen LogP) is 4.13. The first-order chi connectivity index (χ1) is 10.4. The van der Waals surface area contributed by atoms with Gasteiger partial charge in [0.1, 0.15) is 5.60 Å². The van der Waals surface area contributed by atoms with Crippen molar-refractivity contribution >= 4 is 17.0 Å². The van der Waals surface area contributed by atoms with Gasteiger partial charge >= 0.3 is 6.09 Å². The summed E-state index contributed by atoms with van der Waals surface area (Å²) < 4.78 is 7.08.